The maximum Gasteiger partial charge on any atom is 0.238 e. The van der Waals surface area contributed by atoms with E-state index >= 15 is 0 Å². The van der Waals surface area contributed by atoms with Crippen molar-refractivity contribution >= 4 is 11.6 Å². The van der Waals surface area contributed by atoms with Crippen molar-refractivity contribution in [3.8, 4) is 0 Å². The number of nitrogens with one attached hydrogen (secondary N) is 3. The number of aromatic nitrogens is 2. The number of hydrogen-bond acceptors (Lipinski definition) is 3. The van der Waals surface area contributed by atoms with Crippen molar-refractivity contribution in [1.82, 2.24) is 15.5 Å². The van der Waals surface area contributed by atoms with Crippen LogP contribution >= 0.6 is 0 Å². The largest absolute Gasteiger partial charge is 0.322 e. The second-order valence-corrected chi connectivity index (χ2v) is 5.10. The minimum absolute atomic E-state index is 0.0266. The van der Waals surface area contributed by atoms with Gasteiger partial charge in [-0.2, -0.15) is 5.10 Å². The van der Waals surface area contributed by atoms with Gasteiger partial charge < -0.3 is 10.6 Å². The lowest BCUT2D eigenvalue weighted by Gasteiger charge is -2.15. The molecule has 0 fully saturated rings. The molecule has 0 aliphatic rings. The number of anilines is 1. The monoisotopic (exact) mass is 308 g/mol. The average molecular weight is 308 g/mol. The average Bonchev–Trinajstić information content (AvgIpc) is 2.79. The third-order valence-electron chi connectivity index (χ3n) is 3.41. The fourth-order valence-corrected chi connectivity index (χ4v) is 2.13. The standard InChI is InChI=1S/C15H18F2N4O/c1-8(11-5-4-6-12(16)14(11)17)18-7-13(22)19-15-9(2)20-21-10(15)3/h4-6,8,18H,7H2,1-3H3,(H,19,22)(H,20,21)/t8-/m1/s1. The third kappa shape index (κ3) is 3.48. The molecule has 5 nitrogen and oxygen atoms in total. The fourth-order valence-electron chi connectivity index (χ4n) is 2.13. The fraction of sp³-hybridized carbons (Fsp3) is 0.333. The number of benzene rings is 1. The normalized spacial score (nSPS) is 12.2. The Hall–Kier alpha value is -2.28. The number of H-pyrrole nitrogens is 1. The molecular weight excluding hydrogens is 290 g/mol. The zero-order valence-corrected chi connectivity index (χ0v) is 12.6. The number of amides is 1. The van der Waals surface area contributed by atoms with E-state index < -0.39 is 17.7 Å². The molecule has 22 heavy (non-hydrogen) atoms. The molecular formula is C15H18F2N4O. The number of carbonyl (C=O) groups is 1. The molecule has 1 aromatic carbocycles. The lowest BCUT2D eigenvalue weighted by Crippen LogP contribution is -2.30. The zero-order valence-electron chi connectivity index (χ0n) is 12.6. The summed E-state index contributed by atoms with van der Waals surface area (Å²) in [5, 5.41) is 12.3. The first-order valence-electron chi connectivity index (χ1n) is 6.89. The van der Waals surface area contributed by atoms with Crippen LogP contribution in [0.25, 0.3) is 0 Å². The van der Waals surface area contributed by atoms with Gasteiger partial charge in [0.15, 0.2) is 11.6 Å². The van der Waals surface area contributed by atoms with Gasteiger partial charge in [0.25, 0.3) is 0 Å². The van der Waals surface area contributed by atoms with Gasteiger partial charge in [-0.1, -0.05) is 12.1 Å². The lowest BCUT2D eigenvalue weighted by atomic mass is 10.1. The number of halogens is 2. The summed E-state index contributed by atoms with van der Waals surface area (Å²) in [5.74, 6) is -2.08. The minimum atomic E-state index is -0.903. The van der Waals surface area contributed by atoms with E-state index in [1.165, 1.54) is 12.1 Å². The molecule has 2 aromatic rings. The molecule has 0 aliphatic heterocycles. The van der Waals surface area contributed by atoms with Gasteiger partial charge in [-0.25, -0.2) is 8.78 Å². The quantitative estimate of drug-likeness (QED) is 0.795. The number of rotatable bonds is 5. The summed E-state index contributed by atoms with van der Waals surface area (Å²) in [6.07, 6.45) is 0. The van der Waals surface area contributed by atoms with Gasteiger partial charge in [0.2, 0.25) is 5.91 Å². The second-order valence-electron chi connectivity index (χ2n) is 5.10. The summed E-state index contributed by atoms with van der Waals surface area (Å²) < 4.78 is 26.8. The summed E-state index contributed by atoms with van der Waals surface area (Å²) in [4.78, 5) is 11.9. The summed E-state index contributed by atoms with van der Waals surface area (Å²) in [7, 11) is 0. The van der Waals surface area contributed by atoms with Gasteiger partial charge >= 0.3 is 0 Å². The maximum absolute atomic E-state index is 13.7. The van der Waals surface area contributed by atoms with Crippen LogP contribution in [0.4, 0.5) is 14.5 Å². The summed E-state index contributed by atoms with van der Waals surface area (Å²) >= 11 is 0. The molecule has 0 saturated carbocycles. The Balaban J connectivity index is 1.95. The van der Waals surface area contributed by atoms with Crippen molar-refractivity contribution in [2.45, 2.75) is 26.8 Å². The zero-order chi connectivity index (χ0) is 16.3. The van der Waals surface area contributed by atoms with E-state index in [0.29, 0.717) is 11.4 Å². The van der Waals surface area contributed by atoms with Crippen LogP contribution in [-0.4, -0.2) is 22.6 Å². The predicted molar refractivity (Wildman–Crippen MR) is 79.5 cm³/mol. The van der Waals surface area contributed by atoms with Crippen LogP contribution in [0.2, 0.25) is 0 Å². The molecule has 1 atom stereocenters. The summed E-state index contributed by atoms with van der Waals surface area (Å²) in [5.41, 5.74) is 2.27. The Morgan fingerprint density at radius 1 is 1.36 bits per heavy atom. The molecule has 118 valence electrons. The van der Waals surface area contributed by atoms with Crippen molar-refractivity contribution in [3.05, 3.63) is 46.8 Å². The Kier molecular flexibility index (Phi) is 4.87. The molecule has 2 rings (SSSR count). The molecule has 0 saturated heterocycles. The highest BCUT2D eigenvalue weighted by Gasteiger charge is 2.16. The molecule has 3 N–H and O–H groups in total. The molecule has 0 unspecified atom stereocenters. The predicted octanol–water partition coefficient (Wildman–Crippen LogP) is 2.59. The van der Waals surface area contributed by atoms with Crippen LogP contribution in [0.3, 0.4) is 0 Å². The van der Waals surface area contributed by atoms with E-state index in [9.17, 15) is 13.6 Å². The number of nitrogens with zero attached hydrogens (tertiary/aromatic N) is 1. The summed E-state index contributed by atoms with van der Waals surface area (Å²) in [6.45, 7) is 5.21. The molecule has 1 aromatic heterocycles. The Labute approximate surface area is 127 Å². The Morgan fingerprint density at radius 2 is 2.09 bits per heavy atom. The number of aromatic amines is 1. The minimum Gasteiger partial charge on any atom is -0.322 e. The van der Waals surface area contributed by atoms with Gasteiger partial charge in [-0.3, -0.25) is 9.89 Å². The second kappa shape index (κ2) is 6.65. The molecule has 0 bridgehead atoms. The summed E-state index contributed by atoms with van der Waals surface area (Å²) in [6, 6.07) is 3.48. The van der Waals surface area contributed by atoms with E-state index in [1.54, 1.807) is 20.8 Å². The molecule has 0 spiro atoms. The maximum atomic E-state index is 13.7. The SMILES string of the molecule is Cc1n[nH]c(C)c1NC(=O)CN[C@H](C)c1cccc(F)c1F. The molecule has 0 aliphatic carbocycles. The number of carbonyl (C=O) groups excluding carboxylic acids is 1. The first kappa shape index (κ1) is 16.1. The smallest absolute Gasteiger partial charge is 0.238 e. The molecule has 7 heteroatoms. The van der Waals surface area contributed by atoms with E-state index in [4.69, 9.17) is 0 Å². The van der Waals surface area contributed by atoms with E-state index in [2.05, 4.69) is 20.8 Å². The van der Waals surface area contributed by atoms with Crippen molar-refractivity contribution in [1.29, 1.82) is 0 Å². The van der Waals surface area contributed by atoms with E-state index in [1.807, 2.05) is 0 Å². The van der Waals surface area contributed by atoms with Gasteiger partial charge in [0.05, 0.1) is 23.6 Å². The Bertz CT molecular complexity index is 665. The number of aryl methyl sites for hydroxylation is 2. The van der Waals surface area contributed by atoms with Gasteiger partial charge in [0.1, 0.15) is 0 Å². The van der Waals surface area contributed by atoms with Crippen molar-refractivity contribution in [3.63, 3.8) is 0 Å². The molecule has 1 heterocycles. The highest BCUT2D eigenvalue weighted by molar-refractivity contribution is 5.93. The van der Waals surface area contributed by atoms with Crippen molar-refractivity contribution in [2.24, 2.45) is 0 Å². The highest BCUT2D eigenvalue weighted by atomic mass is 19.2. The Morgan fingerprint density at radius 3 is 2.73 bits per heavy atom. The first-order valence-corrected chi connectivity index (χ1v) is 6.89. The van der Waals surface area contributed by atoms with Gasteiger partial charge in [0, 0.05) is 11.6 Å². The molecule has 0 radical (unpaired) electrons. The first-order chi connectivity index (χ1) is 10.4. The van der Waals surface area contributed by atoms with Crippen LogP contribution in [-0.2, 0) is 4.79 Å². The van der Waals surface area contributed by atoms with Crippen LogP contribution in [0, 0.1) is 25.5 Å². The van der Waals surface area contributed by atoms with Crippen LogP contribution in [0.5, 0.6) is 0 Å². The van der Waals surface area contributed by atoms with Crippen LogP contribution in [0.15, 0.2) is 18.2 Å². The lowest BCUT2D eigenvalue weighted by molar-refractivity contribution is -0.115. The van der Waals surface area contributed by atoms with Crippen LogP contribution < -0.4 is 10.6 Å². The number of hydrogen-bond donors (Lipinski definition) is 3. The van der Waals surface area contributed by atoms with E-state index in [-0.39, 0.29) is 18.0 Å². The van der Waals surface area contributed by atoms with Crippen molar-refractivity contribution in [2.75, 3.05) is 11.9 Å². The molecule has 1 amide bonds. The highest BCUT2D eigenvalue weighted by Crippen LogP contribution is 2.19. The van der Waals surface area contributed by atoms with Crippen LogP contribution in [0.1, 0.15) is 29.9 Å². The van der Waals surface area contributed by atoms with Gasteiger partial charge in [-0.05, 0) is 26.8 Å². The third-order valence-corrected chi connectivity index (χ3v) is 3.41. The van der Waals surface area contributed by atoms with Crippen molar-refractivity contribution < 1.29 is 13.6 Å². The van der Waals surface area contributed by atoms with E-state index in [0.717, 1.165) is 11.8 Å². The topological polar surface area (TPSA) is 69.8 Å². The van der Waals surface area contributed by atoms with Gasteiger partial charge in [-0.15, -0.1) is 0 Å².